The topological polar surface area (TPSA) is 102 Å². The summed E-state index contributed by atoms with van der Waals surface area (Å²) in [6, 6.07) is 0. The second-order valence-corrected chi connectivity index (χ2v) is 7.92. The molecule has 0 aromatic heterocycles. The molecule has 0 fully saturated rings. The van der Waals surface area contributed by atoms with Crippen molar-refractivity contribution in [3.63, 3.8) is 0 Å². The van der Waals surface area contributed by atoms with Gasteiger partial charge >= 0.3 is 0 Å². The number of terminal acetylenes is 3. The number of rotatable bonds is 9. The Labute approximate surface area is 135 Å². The third-order valence-electron chi connectivity index (χ3n) is 3.08. The van der Waals surface area contributed by atoms with E-state index in [-0.39, 0.29) is 19.3 Å². The molecule has 0 N–H and O–H groups in total. The monoisotopic (exact) mass is 364 g/mol. The zero-order chi connectivity index (χ0) is 17.3. The van der Waals surface area contributed by atoms with E-state index in [0.717, 1.165) is 0 Å². The van der Waals surface area contributed by atoms with Crippen molar-refractivity contribution in [2.75, 3.05) is 0 Å². The Morgan fingerprint density at radius 1 is 0.682 bits per heavy atom. The highest BCUT2D eigenvalue weighted by molar-refractivity contribution is 7.74. The molecule has 9 heteroatoms. The molecule has 0 heterocycles. The summed E-state index contributed by atoms with van der Waals surface area (Å²) in [6.07, 6.45) is 15.2. The number of thiol groups is 3. The van der Waals surface area contributed by atoms with Gasteiger partial charge in [-0.2, -0.15) is 0 Å². The van der Waals surface area contributed by atoms with Crippen LogP contribution in [0.3, 0.4) is 0 Å². The van der Waals surface area contributed by atoms with Gasteiger partial charge in [0, 0.05) is 0 Å². The van der Waals surface area contributed by atoms with Gasteiger partial charge in [0.15, 0.2) is 32.1 Å². The predicted octanol–water partition coefficient (Wildman–Crippen LogP) is -1.39. The van der Waals surface area contributed by atoms with E-state index in [4.69, 9.17) is 19.3 Å². The van der Waals surface area contributed by atoms with Crippen LogP contribution in [0.1, 0.15) is 19.3 Å². The SMILES string of the molecule is C#CC(CCC(CC(C#C)[SH](=O)=O)C(C#C)[SH](=O)=O)[SH](=O)=O. The van der Waals surface area contributed by atoms with E-state index < -0.39 is 53.8 Å². The molecule has 0 rings (SSSR count). The maximum Gasteiger partial charge on any atom is 0.154 e. The molecule has 4 atom stereocenters. The molecular formula is C13H16O6S3. The van der Waals surface area contributed by atoms with E-state index in [9.17, 15) is 25.3 Å². The molecule has 22 heavy (non-hydrogen) atoms. The summed E-state index contributed by atoms with van der Waals surface area (Å²) in [4.78, 5) is 0. The van der Waals surface area contributed by atoms with Crippen LogP contribution in [0.2, 0.25) is 0 Å². The number of hydrogen-bond donors (Lipinski definition) is 3. The van der Waals surface area contributed by atoms with Crippen LogP contribution in [-0.4, -0.2) is 41.0 Å². The Bertz CT molecular complexity index is 700. The summed E-state index contributed by atoms with van der Waals surface area (Å²) in [5, 5.41) is -3.47. The molecule has 0 bridgehead atoms. The van der Waals surface area contributed by atoms with Crippen LogP contribution in [0, 0.1) is 42.9 Å². The van der Waals surface area contributed by atoms with Gasteiger partial charge in [0.05, 0.1) is 0 Å². The Morgan fingerprint density at radius 2 is 1.18 bits per heavy atom. The fourth-order valence-corrected chi connectivity index (χ4v) is 3.68. The molecule has 0 amide bonds. The van der Waals surface area contributed by atoms with Crippen LogP contribution in [0.5, 0.6) is 0 Å². The summed E-state index contributed by atoms with van der Waals surface area (Å²) in [5.41, 5.74) is 0. The van der Waals surface area contributed by atoms with Gasteiger partial charge in [-0.15, -0.1) is 19.3 Å². The van der Waals surface area contributed by atoms with Gasteiger partial charge in [0.2, 0.25) is 0 Å². The fraction of sp³-hybridized carbons (Fsp3) is 0.538. The van der Waals surface area contributed by atoms with E-state index in [1.54, 1.807) is 0 Å². The lowest BCUT2D eigenvalue weighted by Gasteiger charge is -2.20. The molecule has 0 saturated carbocycles. The highest BCUT2D eigenvalue weighted by atomic mass is 32.2. The van der Waals surface area contributed by atoms with Crippen LogP contribution >= 0.6 is 0 Å². The van der Waals surface area contributed by atoms with Gasteiger partial charge in [0.1, 0.15) is 15.7 Å². The van der Waals surface area contributed by atoms with Crippen LogP contribution in [0.25, 0.3) is 0 Å². The van der Waals surface area contributed by atoms with Crippen LogP contribution in [-0.2, 0) is 32.1 Å². The van der Waals surface area contributed by atoms with Crippen molar-refractivity contribution in [2.45, 2.75) is 35.0 Å². The molecule has 4 unspecified atom stereocenters. The highest BCUT2D eigenvalue weighted by Crippen LogP contribution is 2.22. The van der Waals surface area contributed by atoms with Crippen molar-refractivity contribution >= 4 is 32.1 Å². The second kappa shape index (κ2) is 10.3. The van der Waals surface area contributed by atoms with Crippen LogP contribution in [0.15, 0.2) is 0 Å². The standard InChI is InChI=1S/C13H16O6S3/c1-4-11(20(14)15)8-7-10(13(6-3)22(18)19)9-12(5-2)21(16)17/h1-3,10-13,20-22H,7-9H2. The van der Waals surface area contributed by atoms with Crippen molar-refractivity contribution < 1.29 is 25.3 Å². The Kier molecular flexibility index (Phi) is 9.60. The smallest absolute Gasteiger partial charge is 0.154 e. The van der Waals surface area contributed by atoms with Crippen LogP contribution < -0.4 is 0 Å². The summed E-state index contributed by atoms with van der Waals surface area (Å²) in [5.74, 6) is 5.42. The third-order valence-corrected chi connectivity index (χ3v) is 5.89. The fourth-order valence-electron chi connectivity index (χ4n) is 1.90. The molecule has 0 radical (unpaired) electrons. The van der Waals surface area contributed by atoms with Gasteiger partial charge in [-0.1, -0.05) is 17.8 Å². The van der Waals surface area contributed by atoms with E-state index in [1.165, 1.54) is 0 Å². The molecule has 0 aliphatic carbocycles. The van der Waals surface area contributed by atoms with Crippen LogP contribution in [0.4, 0.5) is 0 Å². The first-order chi connectivity index (χ1) is 10.3. The summed E-state index contributed by atoms with van der Waals surface area (Å²) in [7, 11) is -8.83. The summed E-state index contributed by atoms with van der Waals surface area (Å²) >= 11 is 0. The van der Waals surface area contributed by atoms with Crippen molar-refractivity contribution in [3.8, 4) is 37.0 Å². The highest BCUT2D eigenvalue weighted by Gasteiger charge is 2.27. The second-order valence-electron chi connectivity index (χ2n) is 4.41. The maximum atomic E-state index is 11.2. The molecule has 6 nitrogen and oxygen atoms in total. The van der Waals surface area contributed by atoms with E-state index in [0.29, 0.717) is 0 Å². The van der Waals surface area contributed by atoms with E-state index >= 15 is 0 Å². The normalized spacial score (nSPS) is 16.4. The van der Waals surface area contributed by atoms with Gasteiger partial charge in [-0.05, 0) is 25.2 Å². The third kappa shape index (κ3) is 6.53. The zero-order valence-corrected chi connectivity index (χ0v) is 14.1. The average molecular weight is 364 g/mol. The number of hydrogen-bond acceptors (Lipinski definition) is 6. The largest absolute Gasteiger partial charge is 0.231 e. The minimum Gasteiger partial charge on any atom is -0.231 e. The maximum absolute atomic E-state index is 11.2. The Hall–Kier alpha value is -1.47. The predicted molar refractivity (Wildman–Crippen MR) is 86.1 cm³/mol. The Morgan fingerprint density at radius 3 is 1.50 bits per heavy atom. The van der Waals surface area contributed by atoms with Crippen molar-refractivity contribution in [3.05, 3.63) is 0 Å². The quantitative estimate of drug-likeness (QED) is 0.344. The van der Waals surface area contributed by atoms with E-state index in [1.807, 2.05) is 0 Å². The van der Waals surface area contributed by atoms with Crippen molar-refractivity contribution in [1.29, 1.82) is 0 Å². The van der Waals surface area contributed by atoms with Gasteiger partial charge < -0.3 is 0 Å². The molecular weight excluding hydrogens is 348 g/mol. The Balaban J connectivity index is 5.32. The molecule has 0 aromatic rings. The van der Waals surface area contributed by atoms with Crippen molar-refractivity contribution in [1.82, 2.24) is 0 Å². The summed E-state index contributed by atoms with van der Waals surface area (Å²) < 4.78 is 66.2. The molecule has 0 aromatic carbocycles. The van der Waals surface area contributed by atoms with Crippen molar-refractivity contribution in [2.24, 2.45) is 5.92 Å². The minimum atomic E-state index is -3.01. The first-order valence-corrected chi connectivity index (χ1v) is 9.81. The van der Waals surface area contributed by atoms with Gasteiger partial charge in [0.25, 0.3) is 0 Å². The first kappa shape index (κ1) is 20.5. The first-order valence-electron chi connectivity index (χ1n) is 6.07. The van der Waals surface area contributed by atoms with E-state index in [2.05, 4.69) is 17.8 Å². The lowest BCUT2D eigenvalue weighted by atomic mass is 9.93. The molecule has 0 spiro atoms. The zero-order valence-electron chi connectivity index (χ0n) is 11.5. The lowest BCUT2D eigenvalue weighted by molar-refractivity contribution is 0.450. The average Bonchev–Trinajstić information content (AvgIpc) is 2.43. The van der Waals surface area contributed by atoms with Gasteiger partial charge in [-0.25, -0.2) is 25.3 Å². The molecule has 0 saturated heterocycles. The molecule has 122 valence electrons. The minimum absolute atomic E-state index is 0.0197. The molecule has 0 aliphatic heterocycles. The van der Waals surface area contributed by atoms with Gasteiger partial charge in [-0.3, -0.25) is 0 Å². The molecule has 0 aliphatic rings. The lowest BCUT2D eigenvalue weighted by Crippen LogP contribution is -2.27. The summed E-state index contributed by atoms with van der Waals surface area (Å²) in [6.45, 7) is 0.